The molecule has 0 N–H and O–H groups in total. The SMILES string of the molecule is CC1CCN(C(=O)c2ccccc2)C2=C1OC(=O)CC2. The van der Waals surface area contributed by atoms with Crippen molar-refractivity contribution in [2.24, 2.45) is 5.92 Å². The van der Waals surface area contributed by atoms with Crippen molar-refractivity contribution in [3.05, 3.63) is 47.4 Å². The summed E-state index contributed by atoms with van der Waals surface area (Å²) in [7, 11) is 0. The fourth-order valence-corrected chi connectivity index (χ4v) is 2.78. The van der Waals surface area contributed by atoms with Gasteiger partial charge in [-0.25, -0.2) is 0 Å². The van der Waals surface area contributed by atoms with Crippen molar-refractivity contribution in [3.63, 3.8) is 0 Å². The van der Waals surface area contributed by atoms with Crippen molar-refractivity contribution in [2.75, 3.05) is 6.54 Å². The third-order valence-corrected chi connectivity index (χ3v) is 3.90. The van der Waals surface area contributed by atoms with Gasteiger partial charge < -0.3 is 9.64 Å². The van der Waals surface area contributed by atoms with Gasteiger partial charge in [0.25, 0.3) is 5.91 Å². The summed E-state index contributed by atoms with van der Waals surface area (Å²) in [5, 5.41) is 0. The first kappa shape index (κ1) is 12.9. The standard InChI is InChI=1S/C16H17NO3/c1-11-9-10-17(13-7-8-14(18)20-15(11)13)16(19)12-5-3-2-4-6-12/h2-6,11H,7-10H2,1H3. The van der Waals surface area contributed by atoms with Gasteiger partial charge in [-0.3, -0.25) is 9.59 Å². The van der Waals surface area contributed by atoms with Crippen LogP contribution in [-0.2, 0) is 9.53 Å². The molecule has 104 valence electrons. The van der Waals surface area contributed by atoms with Crippen LogP contribution in [0, 0.1) is 5.92 Å². The molecule has 2 aliphatic rings. The van der Waals surface area contributed by atoms with Gasteiger partial charge in [-0.05, 0) is 18.6 Å². The molecule has 0 aliphatic carbocycles. The van der Waals surface area contributed by atoms with E-state index in [9.17, 15) is 9.59 Å². The van der Waals surface area contributed by atoms with Crippen LogP contribution in [0.15, 0.2) is 41.8 Å². The molecule has 1 unspecified atom stereocenters. The number of rotatable bonds is 1. The fraction of sp³-hybridized carbons (Fsp3) is 0.375. The molecular weight excluding hydrogens is 254 g/mol. The van der Waals surface area contributed by atoms with Gasteiger partial charge in [0.15, 0.2) is 0 Å². The summed E-state index contributed by atoms with van der Waals surface area (Å²) < 4.78 is 5.37. The predicted molar refractivity (Wildman–Crippen MR) is 73.6 cm³/mol. The molecule has 0 fully saturated rings. The molecule has 3 rings (SSSR count). The van der Waals surface area contributed by atoms with E-state index in [-0.39, 0.29) is 17.8 Å². The van der Waals surface area contributed by atoms with Crippen molar-refractivity contribution < 1.29 is 14.3 Å². The van der Waals surface area contributed by atoms with Crippen LogP contribution in [0.4, 0.5) is 0 Å². The second-order valence-electron chi connectivity index (χ2n) is 5.30. The van der Waals surface area contributed by atoms with Crippen LogP contribution >= 0.6 is 0 Å². The van der Waals surface area contributed by atoms with E-state index < -0.39 is 0 Å². The Hall–Kier alpha value is -2.10. The van der Waals surface area contributed by atoms with E-state index in [1.54, 1.807) is 4.90 Å². The number of carbonyl (C=O) groups excluding carboxylic acids is 2. The summed E-state index contributed by atoms with van der Waals surface area (Å²) in [6.45, 7) is 2.73. The van der Waals surface area contributed by atoms with E-state index in [4.69, 9.17) is 4.74 Å². The number of amides is 1. The summed E-state index contributed by atoms with van der Waals surface area (Å²) in [4.78, 5) is 25.8. The largest absolute Gasteiger partial charge is 0.429 e. The van der Waals surface area contributed by atoms with Gasteiger partial charge in [-0.15, -0.1) is 0 Å². The van der Waals surface area contributed by atoms with Crippen LogP contribution < -0.4 is 0 Å². The lowest BCUT2D eigenvalue weighted by atomic mass is 9.94. The average Bonchev–Trinajstić information content (AvgIpc) is 2.48. The van der Waals surface area contributed by atoms with Crippen LogP contribution in [0.2, 0.25) is 0 Å². The second kappa shape index (κ2) is 5.12. The molecule has 1 aromatic rings. The Balaban J connectivity index is 1.94. The summed E-state index contributed by atoms with van der Waals surface area (Å²) in [5.74, 6) is 0.693. The van der Waals surface area contributed by atoms with Crippen LogP contribution in [0.5, 0.6) is 0 Å². The fourth-order valence-electron chi connectivity index (χ4n) is 2.78. The third-order valence-electron chi connectivity index (χ3n) is 3.90. The molecule has 4 nitrogen and oxygen atoms in total. The highest BCUT2D eigenvalue weighted by atomic mass is 16.5. The second-order valence-corrected chi connectivity index (χ2v) is 5.30. The van der Waals surface area contributed by atoms with Gasteiger partial charge >= 0.3 is 5.97 Å². The molecule has 0 bridgehead atoms. The van der Waals surface area contributed by atoms with Crippen molar-refractivity contribution in [1.82, 2.24) is 4.90 Å². The first-order valence-corrected chi connectivity index (χ1v) is 6.97. The third kappa shape index (κ3) is 2.22. The Morgan fingerprint density at radius 2 is 2.00 bits per heavy atom. The number of hydrogen-bond acceptors (Lipinski definition) is 3. The molecule has 2 heterocycles. The maximum absolute atomic E-state index is 12.6. The van der Waals surface area contributed by atoms with Crippen molar-refractivity contribution in [3.8, 4) is 0 Å². The first-order chi connectivity index (χ1) is 9.66. The van der Waals surface area contributed by atoms with Crippen LogP contribution in [0.3, 0.4) is 0 Å². The minimum Gasteiger partial charge on any atom is -0.429 e. The smallest absolute Gasteiger partial charge is 0.311 e. The van der Waals surface area contributed by atoms with E-state index in [0.717, 1.165) is 12.1 Å². The quantitative estimate of drug-likeness (QED) is 0.738. The highest BCUT2D eigenvalue weighted by Gasteiger charge is 2.34. The number of ether oxygens (including phenoxy) is 1. The topological polar surface area (TPSA) is 46.6 Å². The number of esters is 1. The predicted octanol–water partition coefficient (Wildman–Crippen LogP) is 2.72. The molecule has 4 heteroatoms. The Bertz CT molecular complexity index is 577. The number of benzene rings is 1. The summed E-state index contributed by atoms with van der Waals surface area (Å²) in [5.41, 5.74) is 1.56. The lowest BCUT2D eigenvalue weighted by molar-refractivity contribution is -0.142. The summed E-state index contributed by atoms with van der Waals surface area (Å²) in [6.07, 6.45) is 1.77. The van der Waals surface area contributed by atoms with E-state index in [1.807, 2.05) is 37.3 Å². The van der Waals surface area contributed by atoms with Gasteiger partial charge in [0.05, 0.1) is 12.1 Å². The minimum atomic E-state index is -0.190. The van der Waals surface area contributed by atoms with Crippen molar-refractivity contribution >= 4 is 11.9 Å². The Kier molecular flexibility index (Phi) is 3.30. The Morgan fingerprint density at radius 3 is 2.75 bits per heavy atom. The number of hydrogen-bond donors (Lipinski definition) is 0. The maximum Gasteiger partial charge on any atom is 0.311 e. The molecule has 1 amide bonds. The summed E-state index contributed by atoms with van der Waals surface area (Å²) >= 11 is 0. The average molecular weight is 271 g/mol. The van der Waals surface area contributed by atoms with Crippen LogP contribution in [-0.4, -0.2) is 23.3 Å². The van der Waals surface area contributed by atoms with Crippen molar-refractivity contribution in [2.45, 2.75) is 26.2 Å². The van der Waals surface area contributed by atoms with Gasteiger partial charge in [-0.2, -0.15) is 0 Å². The highest BCUT2D eigenvalue weighted by Crippen LogP contribution is 2.35. The molecule has 0 aromatic heterocycles. The van der Waals surface area contributed by atoms with E-state index in [1.165, 1.54) is 0 Å². The molecule has 1 aromatic carbocycles. The highest BCUT2D eigenvalue weighted by molar-refractivity contribution is 5.95. The molecule has 0 saturated carbocycles. The normalized spacial score (nSPS) is 22.4. The van der Waals surface area contributed by atoms with E-state index in [2.05, 4.69) is 0 Å². The Labute approximate surface area is 118 Å². The van der Waals surface area contributed by atoms with Gasteiger partial charge in [0.2, 0.25) is 0 Å². The molecule has 0 spiro atoms. The first-order valence-electron chi connectivity index (χ1n) is 6.97. The van der Waals surface area contributed by atoms with E-state index in [0.29, 0.717) is 30.7 Å². The number of carbonyl (C=O) groups is 2. The van der Waals surface area contributed by atoms with Gasteiger partial charge in [0, 0.05) is 24.4 Å². The zero-order chi connectivity index (χ0) is 14.1. The minimum absolute atomic E-state index is 0.0112. The molecule has 2 aliphatic heterocycles. The molecule has 1 atom stereocenters. The van der Waals surface area contributed by atoms with Gasteiger partial charge in [0.1, 0.15) is 5.76 Å². The number of nitrogens with zero attached hydrogens (tertiary/aromatic N) is 1. The maximum atomic E-state index is 12.6. The molecule has 0 radical (unpaired) electrons. The summed E-state index contributed by atoms with van der Waals surface area (Å²) in [6, 6.07) is 9.24. The zero-order valence-electron chi connectivity index (χ0n) is 11.5. The Morgan fingerprint density at radius 1 is 1.25 bits per heavy atom. The van der Waals surface area contributed by atoms with Crippen LogP contribution in [0.1, 0.15) is 36.5 Å². The lowest BCUT2D eigenvalue weighted by Crippen LogP contribution is -2.39. The monoisotopic (exact) mass is 271 g/mol. The lowest BCUT2D eigenvalue weighted by Gasteiger charge is -2.36. The van der Waals surface area contributed by atoms with E-state index >= 15 is 0 Å². The molecular formula is C16H17NO3. The molecule has 0 saturated heterocycles. The zero-order valence-corrected chi connectivity index (χ0v) is 11.5. The van der Waals surface area contributed by atoms with Gasteiger partial charge in [-0.1, -0.05) is 25.1 Å². The number of allylic oxidation sites excluding steroid dienone is 2. The molecule has 20 heavy (non-hydrogen) atoms. The van der Waals surface area contributed by atoms with Crippen LogP contribution in [0.25, 0.3) is 0 Å². The van der Waals surface area contributed by atoms with Crippen molar-refractivity contribution in [1.29, 1.82) is 0 Å².